The number of nitrogens with one attached hydrogen (secondary N) is 2. The molecule has 0 bridgehead atoms. The van der Waals surface area contributed by atoms with Crippen LogP contribution in [-0.2, 0) is 19.1 Å². The smallest absolute Gasteiger partial charge is 0.408 e. The number of ketones is 1. The summed E-state index contributed by atoms with van der Waals surface area (Å²) in [5.74, 6) is -0.933. The number of carbonyl (C=O) groups excluding carboxylic acids is 4. The Bertz CT molecular complexity index is 1090. The fourth-order valence-electron chi connectivity index (χ4n) is 4.77. The molecule has 1 aliphatic heterocycles. The molecule has 3 amide bonds. The van der Waals surface area contributed by atoms with Gasteiger partial charge in [0.15, 0.2) is 6.10 Å². The number of nitrogens with zero attached hydrogens (tertiary/aromatic N) is 2. The van der Waals surface area contributed by atoms with Gasteiger partial charge in [-0.3, -0.25) is 19.2 Å². The van der Waals surface area contributed by atoms with Crippen LogP contribution >= 0.6 is 0 Å². The number of carbonyl (C=O) groups is 5. The molecule has 260 valence electrons. The van der Waals surface area contributed by atoms with E-state index in [4.69, 9.17) is 14.6 Å². The molecule has 1 heterocycles. The quantitative estimate of drug-likeness (QED) is 0.0955. The first kappa shape index (κ1) is 42.1. The minimum Gasteiger partial charge on any atom is -0.483 e. The van der Waals surface area contributed by atoms with Gasteiger partial charge >= 0.3 is 6.09 Å². The van der Waals surface area contributed by atoms with Crippen molar-refractivity contribution in [3.63, 3.8) is 0 Å². The third kappa shape index (κ3) is 14.9. The molecular formula is C35H58N4O7. The topological polar surface area (TPSA) is 145 Å². The summed E-state index contributed by atoms with van der Waals surface area (Å²) in [7, 11) is 3.82. The molecule has 11 heteroatoms. The number of amides is 3. The number of Topliss-reactive ketones (excluding diaryl/α,β-unsaturated/α-hetero) is 1. The second-order valence-corrected chi connectivity index (χ2v) is 11.7. The van der Waals surface area contributed by atoms with Crippen LogP contribution in [0.4, 0.5) is 10.5 Å². The lowest BCUT2D eigenvalue weighted by atomic mass is 9.97. The number of ether oxygens (including phenoxy) is 1. The number of unbranched alkanes of at least 4 members (excludes halogenated alkanes) is 3. The Labute approximate surface area is 276 Å². The summed E-state index contributed by atoms with van der Waals surface area (Å²) < 4.78 is 5.46. The van der Waals surface area contributed by atoms with E-state index in [2.05, 4.69) is 36.6 Å². The average molecular weight is 647 g/mol. The maximum absolute atomic E-state index is 13.1. The van der Waals surface area contributed by atoms with E-state index in [9.17, 15) is 19.2 Å². The lowest BCUT2D eigenvalue weighted by Crippen LogP contribution is -2.51. The van der Waals surface area contributed by atoms with E-state index in [0.29, 0.717) is 24.9 Å². The van der Waals surface area contributed by atoms with Crippen molar-refractivity contribution in [2.75, 3.05) is 32.1 Å². The van der Waals surface area contributed by atoms with E-state index in [1.807, 2.05) is 51.9 Å². The maximum atomic E-state index is 13.1. The number of benzene rings is 1. The van der Waals surface area contributed by atoms with Crippen LogP contribution in [0.1, 0.15) is 97.3 Å². The molecule has 11 nitrogen and oxygen atoms in total. The normalized spacial score (nSPS) is 15.8. The summed E-state index contributed by atoms with van der Waals surface area (Å²) >= 11 is 0. The number of likely N-dealkylation sites (tertiary alicyclic amines) is 1. The Kier molecular flexibility index (Phi) is 21.5. The van der Waals surface area contributed by atoms with Crippen molar-refractivity contribution in [1.82, 2.24) is 15.5 Å². The molecule has 0 spiro atoms. The van der Waals surface area contributed by atoms with Crippen molar-refractivity contribution in [2.24, 2.45) is 11.8 Å². The first-order valence-corrected chi connectivity index (χ1v) is 16.5. The first-order valence-electron chi connectivity index (χ1n) is 16.5. The molecule has 0 aliphatic carbocycles. The molecule has 0 saturated carbocycles. The molecule has 0 radical (unpaired) electrons. The van der Waals surface area contributed by atoms with Gasteiger partial charge < -0.3 is 30.3 Å². The van der Waals surface area contributed by atoms with Gasteiger partial charge in [-0.05, 0) is 68.7 Å². The summed E-state index contributed by atoms with van der Waals surface area (Å²) in [6.45, 7) is 13.7. The highest BCUT2D eigenvalue weighted by molar-refractivity contribution is 6.01. The van der Waals surface area contributed by atoms with E-state index in [1.165, 1.54) is 24.2 Å². The number of hydrogen-bond acceptors (Lipinski definition) is 7. The minimum absolute atomic E-state index is 0.0693. The van der Waals surface area contributed by atoms with Crippen molar-refractivity contribution in [3.05, 3.63) is 42.0 Å². The number of alkyl carbamates (subject to hydrolysis) is 1. The van der Waals surface area contributed by atoms with Crippen LogP contribution in [0.5, 0.6) is 0 Å². The van der Waals surface area contributed by atoms with Gasteiger partial charge in [-0.15, -0.1) is 0 Å². The molecule has 1 saturated heterocycles. The molecule has 1 aliphatic rings. The molecule has 3 unspecified atom stereocenters. The summed E-state index contributed by atoms with van der Waals surface area (Å²) in [5, 5.41) is 12.4. The van der Waals surface area contributed by atoms with Crippen molar-refractivity contribution < 1.29 is 33.8 Å². The Balaban J connectivity index is 0.00000381. The van der Waals surface area contributed by atoms with Crippen LogP contribution in [0.3, 0.4) is 0 Å². The van der Waals surface area contributed by atoms with Crippen molar-refractivity contribution in [1.29, 1.82) is 0 Å². The monoisotopic (exact) mass is 646 g/mol. The fourth-order valence-corrected chi connectivity index (χ4v) is 4.77. The van der Waals surface area contributed by atoms with Crippen molar-refractivity contribution in [2.45, 2.75) is 105 Å². The third-order valence-corrected chi connectivity index (χ3v) is 7.60. The maximum Gasteiger partial charge on any atom is 0.408 e. The lowest BCUT2D eigenvalue weighted by Gasteiger charge is -2.27. The summed E-state index contributed by atoms with van der Waals surface area (Å²) in [6.07, 6.45) is 8.38. The largest absolute Gasteiger partial charge is 0.483 e. The van der Waals surface area contributed by atoms with Crippen LogP contribution in [0, 0.1) is 11.8 Å². The molecule has 1 aromatic carbocycles. The van der Waals surface area contributed by atoms with Gasteiger partial charge in [-0.25, -0.2) is 4.79 Å². The molecule has 2 rings (SSSR count). The number of carboxylic acid groups (broad SMARTS) is 1. The zero-order valence-corrected chi connectivity index (χ0v) is 29.4. The number of hydrogen-bond donors (Lipinski definition) is 3. The molecule has 46 heavy (non-hydrogen) atoms. The number of rotatable bonds is 15. The Hall–Kier alpha value is -3.89. The van der Waals surface area contributed by atoms with Crippen LogP contribution in [0.25, 0.3) is 0 Å². The zero-order valence-electron chi connectivity index (χ0n) is 29.4. The standard InChI is InChI=1S/C32H50N4O5.C2H6.CH2O2/c1-8-9-10-11-12-14-23(4)24(5)34-31(39)27-15-13-20-36(27)28(37)21-33-32(40)41-30(22(2)3)29(38)25-16-18-26(19-17-25)35(6)7;1-2;2-1-3/h12,14,16-19,22-24,27,30H,8-11,13,15,20-21H2,1-7H3,(H,33,40)(H,34,39);1-2H3;1H,(H,2,3)/b14-12-;;/t23?,24?,27-,30?;;/m0../s1. The van der Waals surface area contributed by atoms with Crippen molar-refractivity contribution in [3.8, 4) is 0 Å². The average Bonchev–Trinajstić information content (AvgIpc) is 3.54. The first-order chi connectivity index (χ1) is 21.9. The SMILES string of the molecule is CC.CCCCC/C=C\C(C)C(C)NC(=O)[C@@H]1CCCN1C(=O)CNC(=O)OC(C(=O)c1ccc(N(C)C)cc1)C(C)C.O=CO. The highest BCUT2D eigenvalue weighted by atomic mass is 16.6. The van der Waals surface area contributed by atoms with Crippen LogP contribution in [0.2, 0.25) is 0 Å². The highest BCUT2D eigenvalue weighted by Crippen LogP contribution is 2.20. The molecule has 3 N–H and O–H groups in total. The van der Waals surface area contributed by atoms with Crippen molar-refractivity contribution >= 4 is 35.9 Å². The lowest BCUT2D eigenvalue weighted by molar-refractivity contribution is -0.138. The number of anilines is 1. The predicted molar refractivity (Wildman–Crippen MR) is 183 cm³/mol. The third-order valence-electron chi connectivity index (χ3n) is 7.60. The number of allylic oxidation sites excluding steroid dienone is 1. The minimum atomic E-state index is -0.996. The van der Waals surface area contributed by atoms with Crippen LogP contribution in [0.15, 0.2) is 36.4 Å². The molecule has 4 atom stereocenters. The molecule has 1 fully saturated rings. The molecule has 0 aromatic heterocycles. The van der Waals surface area contributed by atoms with Gasteiger partial charge in [0.25, 0.3) is 6.47 Å². The van der Waals surface area contributed by atoms with Gasteiger partial charge in [-0.2, -0.15) is 0 Å². The second-order valence-electron chi connectivity index (χ2n) is 11.7. The summed E-state index contributed by atoms with van der Waals surface area (Å²) in [5.41, 5.74) is 1.40. The van der Waals surface area contributed by atoms with Crippen LogP contribution in [-0.4, -0.2) is 85.5 Å². The van der Waals surface area contributed by atoms with Gasteiger partial charge in [0.05, 0.1) is 0 Å². The predicted octanol–water partition coefficient (Wildman–Crippen LogP) is 5.68. The van der Waals surface area contributed by atoms with Gasteiger partial charge in [0.1, 0.15) is 12.6 Å². The fraction of sp³-hybridized carbons (Fsp3) is 0.629. The summed E-state index contributed by atoms with van der Waals surface area (Å²) in [4.78, 5) is 63.5. The van der Waals surface area contributed by atoms with E-state index >= 15 is 0 Å². The second kappa shape index (κ2) is 23.4. The Morgan fingerprint density at radius 1 is 1.07 bits per heavy atom. The molecular weight excluding hydrogens is 588 g/mol. The van der Waals surface area contributed by atoms with Gasteiger partial charge in [0.2, 0.25) is 17.6 Å². The van der Waals surface area contributed by atoms with E-state index < -0.39 is 18.2 Å². The van der Waals surface area contributed by atoms with Gasteiger partial charge in [-0.1, -0.05) is 66.5 Å². The Morgan fingerprint density at radius 3 is 2.22 bits per heavy atom. The zero-order chi connectivity index (χ0) is 35.2. The highest BCUT2D eigenvalue weighted by Gasteiger charge is 2.35. The van der Waals surface area contributed by atoms with Crippen LogP contribution < -0.4 is 15.5 Å². The Morgan fingerprint density at radius 2 is 1.67 bits per heavy atom. The molecule has 1 aromatic rings. The van der Waals surface area contributed by atoms with E-state index in [1.54, 1.807) is 26.0 Å². The van der Waals surface area contributed by atoms with E-state index in [-0.39, 0.29) is 48.5 Å². The van der Waals surface area contributed by atoms with E-state index in [0.717, 1.165) is 12.1 Å². The van der Waals surface area contributed by atoms with Gasteiger partial charge in [0, 0.05) is 37.9 Å². The summed E-state index contributed by atoms with van der Waals surface area (Å²) in [6, 6.07) is 6.44.